The Morgan fingerprint density at radius 2 is 2.10 bits per heavy atom. The maximum absolute atomic E-state index is 12.7. The lowest BCUT2D eigenvalue weighted by Crippen LogP contribution is -2.50. The van der Waals surface area contributed by atoms with E-state index in [0.29, 0.717) is 19.0 Å². The van der Waals surface area contributed by atoms with Crippen LogP contribution in [0, 0.1) is 5.41 Å². The van der Waals surface area contributed by atoms with Crippen LogP contribution < -0.4 is 5.73 Å². The summed E-state index contributed by atoms with van der Waals surface area (Å²) in [6.07, 6.45) is 1.49. The van der Waals surface area contributed by atoms with Gasteiger partial charge >= 0.3 is 0 Å². The number of rotatable bonds is 4. The van der Waals surface area contributed by atoms with Gasteiger partial charge in [0, 0.05) is 32.2 Å². The van der Waals surface area contributed by atoms with Gasteiger partial charge in [0.2, 0.25) is 5.91 Å². The maximum atomic E-state index is 12.7. The third-order valence-corrected chi connectivity index (χ3v) is 4.86. The van der Waals surface area contributed by atoms with Gasteiger partial charge in [-0.3, -0.25) is 9.69 Å². The molecule has 0 aliphatic carbocycles. The number of amides is 1. The zero-order valence-corrected chi connectivity index (χ0v) is 12.9. The van der Waals surface area contributed by atoms with Gasteiger partial charge in [-0.1, -0.05) is 12.1 Å². The molecule has 0 radical (unpaired) electrons. The number of amidine groups is 1. The summed E-state index contributed by atoms with van der Waals surface area (Å²) in [6, 6.07) is 0.395. The molecule has 2 rings (SSSR count). The fourth-order valence-corrected chi connectivity index (χ4v) is 3.07. The van der Waals surface area contributed by atoms with E-state index in [4.69, 9.17) is 15.7 Å². The third kappa shape index (κ3) is 3.13. The van der Waals surface area contributed by atoms with Crippen molar-refractivity contribution in [1.82, 2.24) is 9.80 Å². The van der Waals surface area contributed by atoms with E-state index in [-0.39, 0.29) is 11.7 Å². The van der Waals surface area contributed by atoms with E-state index in [9.17, 15) is 4.79 Å². The Balaban J connectivity index is 2.01. The van der Waals surface area contributed by atoms with Gasteiger partial charge < -0.3 is 20.6 Å². The molecule has 2 fully saturated rings. The van der Waals surface area contributed by atoms with Gasteiger partial charge in [-0.15, -0.1) is 0 Å². The van der Waals surface area contributed by atoms with Crippen molar-refractivity contribution in [2.75, 3.05) is 39.4 Å². The lowest BCUT2D eigenvalue weighted by molar-refractivity contribution is -0.137. The molecule has 0 aromatic rings. The molecule has 7 nitrogen and oxygen atoms in total. The van der Waals surface area contributed by atoms with Crippen molar-refractivity contribution in [2.24, 2.45) is 16.3 Å². The second-order valence-corrected chi connectivity index (χ2v) is 6.01. The number of hydrogen-bond donors (Lipinski definition) is 2. The molecule has 2 unspecified atom stereocenters. The average Bonchev–Trinajstić information content (AvgIpc) is 3.03. The molecule has 120 valence electrons. The number of likely N-dealkylation sites (tertiary alicyclic amines) is 1. The molecule has 2 aliphatic rings. The van der Waals surface area contributed by atoms with Crippen molar-refractivity contribution in [1.29, 1.82) is 0 Å². The van der Waals surface area contributed by atoms with Crippen LogP contribution in [-0.4, -0.2) is 72.2 Å². The molecular formula is C14H26N4O3. The first-order chi connectivity index (χ1) is 10.0. The minimum atomic E-state index is -0.922. The second kappa shape index (κ2) is 6.62. The summed E-state index contributed by atoms with van der Waals surface area (Å²) in [4.78, 5) is 17.0. The van der Waals surface area contributed by atoms with Gasteiger partial charge in [0.05, 0.1) is 13.2 Å². The molecule has 0 saturated carbocycles. The first-order valence-corrected chi connectivity index (χ1v) is 7.62. The van der Waals surface area contributed by atoms with Crippen LogP contribution in [0.15, 0.2) is 5.16 Å². The highest BCUT2D eigenvalue weighted by atomic mass is 16.5. The SMILES string of the molecule is CCC(C)(C(=O)N1CCC(N2CCOCC2)C1)C(N)=NO. The maximum Gasteiger partial charge on any atom is 0.236 e. The highest BCUT2D eigenvalue weighted by Gasteiger charge is 2.42. The number of oxime groups is 1. The van der Waals surface area contributed by atoms with Gasteiger partial charge in [-0.25, -0.2) is 0 Å². The van der Waals surface area contributed by atoms with Crippen LogP contribution in [0.1, 0.15) is 26.7 Å². The van der Waals surface area contributed by atoms with E-state index in [1.54, 1.807) is 6.92 Å². The summed E-state index contributed by atoms with van der Waals surface area (Å²) in [7, 11) is 0. The second-order valence-electron chi connectivity index (χ2n) is 6.01. The highest BCUT2D eigenvalue weighted by Crippen LogP contribution is 2.28. The number of morpholine rings is 1. The summed E-state index contributed by atoms with van der Waals surface area (Å²) in [5, 5.41) is 12.0. The largest absolute Gasteiger partial charge is 0.409 e. The van der Waals surface area contributed by atoms with Crippen LogP contribution in [0.25, 0.3) is 0 Å². The number of nitrogens with zero attached hydrogens (tertiary/aromatic N) is 3. The zero-order valence-electron chi connectivity index (χ0n) is 12.9. The van der Waals surface area contributed by atoms with E-state index in [0.717, 1.165) is 39.3 Å². The molecule has 2 saturated heterocycles. The van der Waals surface area contributed by atoms with E-state index in [1.165, 1.54) is 0 Å². The molecule has 21 heavy (non-hydrogen) atoms. The zero-order chi connectivity index (χ0) is 15.5. The first-order valence-electron chi connectivity index (χ1n) is 7.62. The van der Waals surface area contributed by atoms with Crippen LogP contribution in [0.3, 0.4) is 0 Å². The first kappa shape index (κ1) is 16.0. The molecule has 2 aliphatic heterocycles. The van der Waals surface area contributed by atoms with Crippen molar-refractivity contribution in [2.45, 2.75) is 32.7 Å². The number of ether oxygens (including phenoxy) is 1. The minimum absolute atomic E-state index is 0.00942. The van der Waals surface area contributed by atoms with Crippen LogP contribution in [0.4, 0.5) is 0 Å². The number of nitrogens with two attached hydrogens (primary N) is 1. The van der Waals surface area contributed by atoms with Crippen molar-refractivity contribution >= 4 is 11.7 Å². The fraction of sp³-hybridized carbons (Fsp3) is 0.857. The molecule has 0 bridgehead atoms. The van der Waals surface area contributed by atoms with Crippen LogP contribution in [0.5, 0.6) is 0 Å². The Morgan fingerprint density at radius 3 is 2.67 bits per heavy atom. The topological polar surface area (TPSA) is 91.4 Å². The molecule has 1 amide bonds. The fourth-order valence-electron chi connectivity index (χ4n) is 3.07. The van der Waals surface area contributed by atoms with Gasteiger partial charge in [0.25, 0.3) is 0 Å². The average molecular weight is 298 g/mol. The Morgan fingerprint density at radius 1 is 1.43 bits per heavy atom. The van der Waals surface area contributed by atoms with E-state index in [1.807, 2.05) is 11.8 Å². The lowest BCUT2D eigenvalue weighted by atomic mass is 9.84. The van der Waals surface area contributed by atoms with Gasteiger partial charge in [-0.2, -0.15) is 0 Å². The van der Waals surface area contributed by atoms with Crippen LogP contribution in [-0.2, 0) is 9.53 Å². The summed E-state index contributed by atoms with van der Waals surface area (Å²) < 4.78 is 5.37. The Hall–Kier alpha value is -1.34. The summed E-state index contributed by atoms with van der Waals surface area (Å²) in [5.41, 5.74) is 4.81. The molecule has 0 aromatic heterocycles. The number of hydrogen-bond acceptors (Lipinski definition) is 5. The molecule has 3 N–H and O–H groups in total. The Labute approximate surface area is 125 Å². The molecule has 0 spiro atoms. The predicted molar refractivity (Wildman–Crippen MR) is 79.2 cm³/mol. The van der Waals surface area contributed by atoms with E-state index in [2.05, 4.69) is 10.1 Å². The normalized spacial score (nSPS) is 27.6. The van der Waals surface area contributed by atoms with Crippen molar-refractivity contribution < 1.29 is 14.7 Å². The molecule has 7 heteroatoms. The van der Waals surface area contributed by atoms with Crippen LogP contribution >= 0.6 is 0 Å². The molecule has 2 atom stereocenters. The molecule has 0 aromatic carbocycles. The van der Waals surface area contributed by atoms with Crippen molar-refractivity contribution in [3.63, 3.8) is 0 Å². The monoisotopic (exact) mass is 298 g/mol. The van der Waals surface area contributed by atoms with E-state index < -0.39 is 5.41 Å². The quantitative estimate of drug-likeness (QED) is 0.332. The van der Waals surface area contributed by atoms with Gasteiger partial charge in [0.15, 0.2) is 5.84 Å². The van der Waals surface area contributed by atoms with E-state index >= 15 is 0 Å². The van der Waals surface area contributed by atoms with Gasteiger partial charge in [-0.05, 0) is 19.8 Å². The molecule has 2 heterocycles. The van der Waals surface area contributed by atoms with Crippen LogP contribution in [0.2, 0.25) is 0 Å². The third-order valence-electron chi connectivity index (χ3n) is 4.86. The van der Waals surface area contributed by atoms with Gasteiger partial charge in [0.1, 0.15) is 5.41 Å². The lowest BCUT2D eigenvalue weighted by Gasteiger charge is -2.33. The smallest absolute Gasteiger partial charge is 0.236 e. The summed E-state index contributed by atoms with van der Waals surface area (Å²) in [5.74, 6) is -0.0547. The molecular weight excluding hydrogens is 272 g/mol. The number of carbonyl (C=O) groups excluding carboxylic acids is 1. The standard InChI is InChI=1S/C14H26N4O3/c1-3-14(2,12(15)16-20)13(19)18-5-4-11(10-18)17-6-8-21-9-7-17/h11,20H,3-10H2,1-2H3,(H2,15,16). The highest BCUT2D eigenvalue weighted by molar-refractivity contribution is 6.06. The minimum Gasteiger partial charge on any atom is -0.409 e. The summed E-state index contributed by atoms with van der Waals surface area (Å²) in [6.45, 7) is 8.46. The predicted octanol–water partition coefficient (Wildman–Crippen LogP) is 0.0822. The van der Waals surface area contributed by atoms with Crippen molar-refractivity contribution in [3.8, 4) is 0 Å². The Bertz CT molecular complexity index is 409. The van der Waals surface area contributed by atoms with Crippen molar-refractivity contribution in [3.05, 3.63) is 0 Å². The Kier molecular flexibility index (Phi) is 5.05. The summed E-state index contributed by atoms with van der Waals surface area (Å²) >= 11 is 0. The number of carbonyl (C=O) groups is 1.